The fourth-order valence-electron chi connectivity index (χ4n) is 6.72. The molecule has 3 amide bonds. The highest BCUT2D eigenvalue weighted by Crippen LogP contribution is 2.44. The minimum atomic E-state index is -0.700. The zero-order chi connectivity index (χ0) is 25.6. The molecule has 1 aromatic heterocycles. The van der Waals surface area contributed by atoms with Gasteiger partial charge in [-0.05, 0) is 55.9 Å². The van der Waals surface area contributed by atoms with Gasteiger partial charge in [0.15, 0.2) is 0 Å². The first kappa shape index (κ1) is 24.7. The van der Waals surface area contributed by atoms with Crippen LogP contribution in [0.1, 0.15) is 63.9 Å². The number of rotatable bonds is 5. The second-order valence-electron chi connectivity index (χ2n) is 10.8. The zero-order valence-corrected chi connectivity index (χ0v) is 21.0. The number of nitrogens with one attached hydrogen (secondary N) is 2. The fraction of sp³-hybridized carbons (Fsp3) is 0.593. The van der Waals surface area contributed by atoms with Gasteiger partial charge in [-0.3, -0.25) is 14.4 Å². The number of likely N-dealkylation sites (tertiary alicyclic amines) is 2. The molecule has 2 aromatic rings. The average Bonchev–Trinajstić information content (AvgIpc) is 3.56. The number of aromatic amines is 1. The molecule has 5 atom stereocenters. The molecule has 3 aliphatic rings. The summed E-state index contributed by atoms with van der Waals surface area (Å²) in [5, 5.41) is 3.88. The van der Waals surface area contributed by atoms with Gasteiger partial charge in [-0.1, -0.05) is 19.3 Å². The van der Waals surface area contributed by atoms with Crippen molar-refractivity contribution in [1.82, 2.24) is 20.1 Å². The van der Waals surface area contributed by atoms with E-state index in [9.17, 15) is 18.8 Å². The molecule has 2 unspecified atom stereocenters. The van der Waals surface area contributed by atoms with Crippen LogP contribution >= 0.6 is 0 Å². The molecule has 3 fully saturated rings. The molecular formula is C27H36FN5O3. The summed E-state index contributed by atoms with van der Waals surface area (Å²) < 4.78 is 13.8. The minimum Gasteiger partial charge on any atom is -0.361 e. The maximum atomic E-state index is 14.2. The van der Waals surface area contributed by atoms with E-state index in [1.54, 1.807) is 19.9 Å². The first-order chi connectivity index (χ1) is 17.3. The lowest BCUT2D eigenvalue weighted by atomic mass is 9.82. The van der Waals surface area contributed by atoms with Gasteiger partial charge in [0.1, 0.15) is 11.9 Å². The molecule has 1 aliphatic carbocycles. The smallest absolute Gasteiger partial charge is 0.245 e. The highest BCUT2D eigenvalue weighted by molar-refractivity contribution is 5.91. The van der Waals surface area contributed by atoms with Crippen LogP contribution in [-0.2, 0) is 14.4 Å². The molecule has 1 saturated carbocycles. The molecule has 9 heteroatoms. The molecule has 5 rings (SSSR count). The van der Waals surface area contributed by atoms with Crippen molar-refractivity contribution < 1.29 is 18.8 Å². The molecule has 1 aromatic carbocycles. The Morgan fingerprint density at radius 2 is 1.89 bits per heavy atom. The molecule has 2 saturated heterocycles. The lowest BCUT2D eigenvalue weighted by Gasteiger charge is -2.36. The number of halogens is 1. The molecule has 0 spiro atoms. The van der Waals surface area contributed by atoms with Crippen LogP contribution in [0.5, 0.6) is 0 Å². The number of nitrogens with zero attached hydrogens (tertiary/aromatic N) is 2. The van der Waals surface area contributed by atoms with Gasteiger partial charge in [0, 0.05) is 43.0 Å². The minimum absolute atomic E-state index is 0.0122. The monoisotopic (exact) mass is 497 g/mol. The summed E-state index contributed by atoms with van der Waals surface area (Å²) in [5.41, 5.74) is 7.52. The van der Waals surface area contributed by atoms with Crippen molar-refractivity contribution >= 4 is 28.6 Å². The number of H-pyrrole nitrogens is 1. The van der Waals surface area contributed by atoms with E-state index in [1.807, 2.05) is 16.0 Å². The van der Waals surface area contributed by atoms with Crippen LogP contribution in [0.4, 0.5) is 4.39 Å². The fourth-order valence-corrected chi connectivity index (χ4v) is 6.72. The van der Waals surface area contributed by atoms with Crippen LogP contribution in [0.3, 0.4) is 0 Å². The third kappa shape index (κ3) is 4.38. The van der Waals surface area contributed by atoms with E-state index in [1.165, 1.54) is 12.1 Å². The first-order valence-electron chi connectivity index (χ1n) is 13.2. The van der Waals surface area contributed by atoms with Gasteiger partial charge in [0.25, 0.3) is 0 Å². The second kappa shape index (κ2) is 9.84. The van der Waals surface area contributed by atoms with Gasteiger partial charge in [-0.25, -0.2) is 4.39 Å². The molecular weight excluding hydrogens is 461 g/mol. The van der Waals surface area contributed by atoms with Crippen LogP contribution in [0, 0.1) is 11.7 Å². The molecule has 4 N–H and O–H groups in total. The number of carbonyl (C=O) groups is 3. The topological polar surface area (TPSA) is 112 Å². The number of nitrogens with two attached hydrogens (primary N) is 1. The van der Waals surface area contributed by atoms with Crippen molar-refractivity contribution in [2.75, 3.05) is 13.1 Å². The summed E-state index contributed by atoms with van der Waals surface area (Å²) >= 11 is 0. The van der Waals surface area contributed by atoms with Crippen LogP contribution in [0.2, 0.25) is 0 Å². The maximum absolute atomic E-state index is 14.2. The number of aromatic nitrogens is 1. The van der Waals surface area contributed by atoms with E-state index in [0.717, 1.165) is 43.1 Å². The lowest BCUT2D eigenvalue weighted by Crippen LogP contribution is -2.57. The van der Waals surface area contributed by atoms with Crippen LogP contribution in [0.25, 0.3) is 10.9 Å². The number of amides is 3. The normalized spacial score (nSPS) is 26.2. The van der Waals surface area contributed by atoms with Gasteiger partial charge >= 0.3 is 0 Å². The Balaban J connectivity index is 1.49. The Morgan fingerprint density at radius 3 is 2.58 bits per heavy atom. The predicted octanol–water partition coefficient (Wildman–Crippen LogP) is 2.63. The summed E-state index contributed by atoms with van der Waals surface area (Å²) in [6.45, 7) is 4.23. The Kier molecular flexibility index (Phi) is 6.76. The third-order valence-corrected chi connectivity index (χ3v) is 8.49. The van der Waals surface area contributed by atoms with E-state index in [-0.39, 0.29) is 47.5 Å². The van der Waals surface area contributed by atoms with E-state index in [2.05, 4.69) is 10.3 Å². The summed E-state index contributed by atoms with van der Waals surface area (Å²) in [5.74, 6) is -0.759. The van der Waals surface area contributed by atoms with Gasteiger partial charge in [-0.2, -0.15) is 0 Å². The Morgan fingerprint density at radius 1 is 1.14 bits per heavy atom. The SMILES string of the molecule is CC(=O)N1C[C@H](c2c[nH]c3cc(F)ccc23)[C@@H]2C1CCN2C(=O)C(NC(=O)[C@H](C)N)C1CCCCC1. The molecule has 2 aliphatic heterocycles. The number of fused-ring (bicyclic) bond motifs is 2. The van der Waals surface area contributed by atoms with Gasteiger partial charge in [-0.15, -0.1) is 0 Å². The van der Waals surface area contributed by atoms with Gasteiger partial charge in [0.05, 0.1) is 18.1 Å². The maximum Gasteiger partial charge on any atom is 0.245 e. The third-order valence-electron chi connectivity index (χ3n) is 8.49. The average molecular weight is 498 g/mol. The van der Waals surface area contributed by atoms with Gasteiger partial charge in [0.2, 0.25) is 17.7 Å². The summed E-state index contributed by atoms with van der Waals surface area (Å²) in [7, 11) is 0. The van der Waals surface area contributed by atoms with Crippen LogP contribution < -0.4 is 11.1 Å². The summed E-state index contributed by atoms with van der Waals surface area (Å²) in [6.07, 6.45) is 7.60. The largest absolute Gasteiger partial charge is 0.361 e. The second-order valence-corrected chi connectivity index (χ2v) is 10.8. The quantitative estimate of drug-likeness (QED) is 0.590. The molecule has 36 heavy (non-hydrogen) atoms. The molecule has 0 radical (unpaired) electrons. The van der Waals surface area contributed by atoms with Crippen molar-refractivity contribution in [3.8, 4) is 0 Å². The number of hydrogen-bond donors (Lipinski definition) is 3. The molecule has 8 nitrogen and oxygen atoms in total. The van der Waals surface area contributed by atoms with E-state index in [0.29, 0.717) is 25.0 Å². The lowest BCUT2D eigenvalue weighted by molar-refractivity contribution is -0.139. The Labute approximate surface area is 210 Å². The first-order valence-corrected chi connectivity index (χ1v) is 13.2. The standard InChI is InChI=1S/C27H36FN5O3/c1-15(29)26(35)31-24(17-6-4-3-5-7-17)27(36)32-11-10-23-25(32)21(14-33(23)16(2)34)20-13-30-22-12-18(28)8-9-19(20)22/h8-9,12-13,15,17,21,23-25,30H,3-7,10-11,14,29H2,1-2H3,(H,31,35)/t15-,21+,23?,24?,25+/m0/s1. The van der Waals surface area contributed by atoms with E-state index in [4.69, 9.17) is 5.73 Å². The number of hydrogen-bond acceptors (Lipinski definition) is 4. The molecule has 194 valence electrons. The molecule has 0 bridgehead atoms. The molecule has 3 heterocycles. The van der Waals surface area contributed by atoms with Crippen molar-refractivity contribution in [2.24, 2.45) is 11.7 Å². The van der Waals surface area contributed by atoms with E-state index < -0.39 is 12.1 Å². The summed E-state index contributed by atoms with van der Waals surface area (Å²) in [6, 6.07) is 3.06. The zero-order valence-electron chi connectivity index (χ0n) is 21.0. The van der Waals surface area contributed by atoms with E-state index >= 15 is 0 Å². The number of carbonyl (C=O) groups excluding carboxylic acids is 3. The van der Waals surface area contributed by atoms with Gasteiger partial charge < -0.3 is 25.8 Å². The van der Waals surface area contributed by atoms with Crippen LogP contribution in [0.15, 0.2) is 24.4 Å². The van der Waals surface area contributed by atoms with Crippen molar-refractivity contribution in [2.45, 2.75) is 82.5 Å². The predicted molar refractivity (Wildman–Crippen MR) is 134 cm³/mol. The Hall–Kier alpha value is -2.94. The van der Waals surface area contributed by atoms with Crippen molar-refractivity contribution in [3.05, 3.63) is 35.8 Å². The summed E-state index contributed by atoms with van der Waals surface area (Å²) in [4.78, 5) is 46.3. The highest BCUT2D eigenvalue weighted by atomic mass is 19.1. The van der Waals surface area contributed by atoms with Crippen molar-refractivity contribution in [1.29, 1.82) is 0 Å². The number of benzene rings is 1. The highest BCUT2D eigenvalue weighted by Gasteiger charge is 2.53. The van der Waals surface area contributed by atoms with Crippen LogP contribution in [-0.4, -0.2) is 69.8 Å². The Bertz CT molecular complexity index is 1160. The van der Waals surface area contributed by atoms with Crippen molar-refractivity contribution in [3.63, 3.8) is 0 Å².